The largest absolute Gasteiger partial charge is 0.417 e. The van der Waals surface area contributed by atoms with Gasteiger partial charge in [-0.2, -0.15) is 13.2 Å². The van der Waals surface area contributed by atoms with Gasteiger partial charge in [-0.05, 0) is 38.6 Å². The number of alkyl halides is 3. The number of fused-ring (bicyclic) bond motifs is 1. The number of aryl methyl sites for hydroxylation is 1. The maximum atomic E-state index is 13.2. The monoisotopic (exact) mass is 317 g/mol. The Morgan fingerprint density at radius 1 is 1.48 bits per heavy atom. The maximum Gasteiger partial charge on any atom is 0.417 e. The summed E-state index contributed by atoms with van der Waals surface area (Å²) < 4.78 is 41.1. The van der Waals surface area contributed by atoms with Gasteiger partial charge in [0.05, 0.1) is 10.9 Å². The minimum Gasteiger partial charge on any atom is -0.300 e. The standard InChI is InChI=1S/C13H14F3N3OS/c1-4-7(3)19-10-9(11(20)18-12(19)21)8(13(14,15)16)5-6(2)17-10/h5,7H,4H2,1-3H3,(H,18,20,21). The number of H-pyrrole nitrogens is 1. The Hall–Kier alpha value is -1.70. The van der Waals surface area contributed by atoms with E-state index < -0.39 is 22.7 Å². The van der Waals surface area contributed by atoms with Crippen LogP contribution in [0.5, 0.6) is 0 Å². The van der Waals surface area contributed by atoms with E-state index in [0.29, 0.717) is 6.42 Å². The van der Waals surface area contributed by atoms with Crippen LogP contribution in [0.15, 0.2) is 10.9 Å². The zero-order chi connectivity index (χ0) is 15.9. The molecule has 8 heteroatoms. The number of nitrogens with one attached hydrogen (secondary N) is 1. The number of hydrogen-bond donors (Lipinski definition) is 1. The van der Waals surface area contributed by atoms with Gasteiger partial charge in [-0.1, -0.05) is 6.92 Å². The molecule has 0 aliphatic rings. The lowest BCUT2D eigenvalue weighted by molar-refractivity contribution is -0.136. The molecule has 4 nitrogen and oxygen atoms in total. The lowest BCUT2D eigenvalue weighted by atomic mass is 10.1. The molecular weight excluding hydrogens is 303 g/mol. The van der Waals surface area contributed by atoms with Crippen molar-refractivity contribution in [1.82, 2.24) is 14.5 Å². The topological polar surface area (TPSA) is 50.7 Å². The number of aromatic amines is 1. The molecule has 0 aliphatic heterocycles. The molecule has 0 radical (unpaired) electrons. The number of hydrogen-bond acceptors (Lipinski definition) is 3. The molecule has 0 spiro atoms. The Balaban J connectivity index is 3.07. The molecule has 1 unspecified atom stereocenters. The highest BCUT2D eigenvalue weighted by Gasteiger charge is 2.35. The third-order valence-corrected chi connectivity index (χ3v) is 3.66. The molecule has 0 aromatic carbocycles. The van der Waals surface area contributed by atoms with Crippen molar-refractivity contribution in [2.75, 3.05) is 0 Å². The summed E-state index contributed by atoms with van der Waals surface area (Å²) in [5.74, 6) is 0. The Bertz CT molecular complexity index is 807. The van der Waals surface area contributed by atoms with Crippen LogP contribution < -0.4 is 5.56 Å². The number of pyridine rings is 1. The van der Waals surface area contributed by atoms with Gasteiger partial charge in [0, 0.05) is 11.7 Å². The van der Waals surface area contributed by atoms with Crippen LogP contribution in [0.4, 0.5) is 13.2 Å². The summed E-state index contributed by atoms with van der Waals surface area (Å²) in [7, 11) is 0. The van der Waals surface area contributed by atoms with Crippen LogP contribution in [0.3, 0.4) is 0 Å². The first-order chi connectivity index (χ1) is 9.66. The fourth-order valence-electron chi connectivity index (χ4n) is 2.19. The van der Waals surface area contributed by atoms with E-state index in [4.69, 9.17) is 12.2 Å². The molecular formula is C13H14F3N3OS. The zero-order valence-corrected chi connectivity index (χ0v) is 12.5. The fraction of sp³-hybridized carbons (Fsp3) is 0.462. The van der Waals surface area contributed by atoms with Crippen LogP contribution in [0.2, 0.25) is 0 Å². The number of rotatable bonds is 2. The van der Waals surface area contributed by atoms with Gasteiger partial charge in [0.25, 0.3) is 5.56 Å². The second-order valence-corrected chi connectivity index (χ2v) is 5.28. The summed E-state index contributed by atoms with van der Waals surface area (Å²) in [6.45, 7) is 5.15. The Morgan fingerprint density at radius 3 is 2.62 bits per heavy atom. The summed E-state index contributed by atoms with van der Waals surface area (Å²) in [6.07, 6.45) is -3.98. The normalized spacial score (nSPS) is 13.6. The Morgan fingerprint density at radius 2 is 2.10 bits per heavy atom. The second kappa shape index (κ2) is 5.25. The van der Waals surface area contributed by atoms with Crippen molar-refractivity contribution < 1.29 is 13.2 Å². The van der Waals surface area contributed by atoms with Crippen LogP contribution in [0.1, 0.15) is 37.6 Å². The lowest BCUT2D eigenvalue weighted by Gasteiger charge is -2.18. The van der Waals surface area contributed by atoms with Crippen molar-refractivity contribution in [2.24, 2.45) is 0 Å². The molecule has 1 atom stereocenters. The van der Waals surface area contributed by atoms with Gasteiger partial charge in [-0.15, -0.1) is 0 Å². The first kappa shape index (κ1) is 15.7. The minimum absolute atomic E-state index is 0.0228. The van der Waals surface area contributed by atoms with E-state index in [0.717, 1.165) is 6.07 Å². The van der Waals surface area contributed by atoms with Gasteiger partial charge in [-0.25, -0.2) is 4.98 Å². The van der Waals surface area contributed by atoms with Gasteiger partial charge >= 0.3 is 6.18 Å². The summed E-state index contributed by atoms with van der Waals surface area (Å²) in [5.41, 5.74) is -1.69. The quantitative estimate of drug-likeness (QED) is 0.858. The van der Waals surface area contributed by atoms with Crippen molar-refractivity contribution in [3.8, 4) is 0 Å². The third kappa shape index (κ3) is 2.72. The maximum absolute atomic E-state index is 13.2. The summed E-state index contributed by atoms with van der Waals surface area (Å²) >= 11 is 5.08. The average Bonchev–Trinajstić information content (AvgIpc) is 2.35. The number of nitrogens with zero attached hydrogens (tertiary/aromatic N) is 2. The molecule has 0 bridgehead atoms. The van der Waals surface area contributed by atoms with Gasteiger partial charge in [-0.3, -0.25) is 14.3 Å². The molecule has 2 rings (SSSR count). The van der Waals surface area contributed by atoms with Crippen molar-refractivity contribution >= 4 is 23.3 Å². The van der Waals surface area contributed by atoms with E-state index >= 15 is 0 Å². The van der Waals surface area contributed by atoms with Crippen LogP contribution in [-0.2, 0) is 6.18 Å². The predicted octanol–water partition coefficient (Wildman–Crippen LogP) is 3.75. The molecule has 1 N–H and O–H groups in total. The molecule has 2 aromatic rings. The van der Waals surface area contributed by atoms with E-state index in [-0.39, 0.29) is 22.2 Å². The molecule has 0 fully saturated rings. The molecule has 2 aromatic heterocycles. The smallest absolute Gasteiger partial charge is 0.300 e. The van der Waals surface area contributed by atoms with Crippen molar-refractivity contribution in [1.29, 1.82) is 0 Å². The van der Waals surface area contributed by atoms with Crippen LogP contribution in [0.25, 0.3) is 11.0 Å². The molecule has 21 heavy (non-hydrogen) atoms. The van der Waals surface area contributed by atoms with E-state index in [1.165, 1.54) is 11.5 Å². The van der Waals surface area contributed by atoms with E-state index in [9.17, 15) is 18.0 Å². The van der Waals surface area contributed by atoms with E-state index in [2.05, 4.69) is 9.97 Å². The molecule has 0 aliphatic carbocycles. The lowest BCUT2D eigenvalue weighted by Crippen LogP contribution is -2.22. The summed E-state index contributed by atoms with van der Waals surface area (Å²) in [4.78, 5) is 18.4. The molecule has 0 saturated heterocycles. The number of halogens is 3. The van der Waals surface area contributed by atoms with Gasteiger partial charge in [0.15, 0.2) is 4.77 Å². The highest BCUT2D eigenvalue weighted by Crippen LogP contribution is 2.33. The van der Waals surface area contributed by atoms with Crippen LogP contribution in [0, 0.1) is 11.7 Å². The van der Waals surface area contributed by atoms with Crippen molar-refractivity contribution in [3.63, 3.8) is 0 Å². The SMILES string of the molecule is CCC(C)n1c(=S)[nH]c(=O)c2c(C(F)(F)F)cc(C)nc21. The first-order valence-corrected chi connectivity index (χ1v) is 6.81. The minimum atomic E-state index is -4.63. The summed E-state index contributed by atoms with van der Waals surface area (Å²) in [5, 5.41) is -0.470. The van der Waals surface area contributed by atoms with Crippen molar-refractivity contribution in [2.45, 2.75) is 39.4 Å². The highest BCUT2D eigenvalue weighted by molar-refractivity contribution is 7.71. The number of aromatic nitrogens is 3. The molecule has 0 saturated carbocycles. The summed E-state index contributed by atoms with van der Waals surface area (Å²) in [6, 6.07) is 0.703. The van der Waals surface area contributed by atoms with Gasteiger partial charge in [0.2, 0.25) is 0 Å². The van der Waals surface area contributed by atoms with E-state index in [1.54, 1.807) is 0 Å². The molecule has 0 amide bonds. The first-order valence-electron chi connectivity index (χ1n) is 6.40. The third-order valence-electron chi connectivity index (χ3n) is 3.36. The Labute approximate surface area is 123 Å². The van der Waals surface area contributed by atoms with Crippen LogP contribution >= 0.6 is 12.2 Å². The van der Waals surface area contributed by atoms with Gasteiger partial charge in [0.1, 0.15) is 5.65 Å². The average molecular weight is 317 g/mol. The van der Waals surface area contributed by atoms with Gasteiger partial charge < -0.3 is 0 Å². The molecule has 114 valence electrons. The zero-order valence-electron chi connectivity index (χ0n) is 11.7. The fourth-order valence-corrected chi connectivity index (χ4v) is 2.55. The van der Waals surface area contributed by atoms with Crippen LogP contribution in [-0.4, -0.2) is 14.5 Å². The Kier molecular flexibility index (Phi) is 3.92. The van der Waals surface area contributed by atoms with E-state index in [1.807, 2.05) is 13.8 Å². The second-order valence-electron chi connectivity index (χ2n) is 4.89. The highest BCUT2D eigenvalue weighted by atomic mass is 32.1. The molecule has 2 heterocycles. The predicted molar refractivity (Wildman–Crippen MR) is 75.9 cm³/mol. The van der Waals surface area contributed by atoms with Crippen molar-refractivity contribution in [3.05, 3.63) is 32.4 Å².